The lowest BCUT2D eigenvalue weighted by Crippen LogP contribution is -2.40. The molecule has 148 valence electrons. The van der Waals surface area contributed by atoms with Gasteiger partial charge in [0.25, 0.3) is 0 Å². The average Bonchev–Trinajstić information content (AvgIpc) is 2.70. The first-order valence-electron chi connectivity index (χ1n) is 9.63. The second kappa shape index (κ2) is 10.5. The Morgan fingerprint density at radius 3 is 2.71 bits per heavy atom. The number of piperidine rings is 1. The van der Waals surface area contributed by atoms with Gasteiger partial charge < -0.3 is 19.7 Å². The van der Waals surface area contributed by atoms with Gasteiger partial charge in [0.15, 0.2) is 0 Å². The van der Waals surface area contributed by atoms with E-state index < -0.39 is 0 Å². The average molecular weight is 382 g/mol. The highest BCUT2D eigenvalue weighted by molar-refractivity contribution is 5.94. The van der Waals surface area contributed by atoms with Crippen LogP contribution in [0, 0.1) is 0 Å². The molecule has 0 unspecified atom stereocenters. The first kappa shape index (κ1) is 19.9. The zero-order valence-electron chi connectivity index (χ0n) is 15.9. The van der Waals surface area contributed by atoms with E-state index in [1.54, 1.807) is 4.90 Å². The molecule has 3 rings (SSSR count). The summed E-state index contributed by atoms with van der Waals surface area (Å²) in [4.78, 5) is 25.7. The fourth-order valence-corrected chi connectivity index (χ4v) is 3.07. The number of hydrogen-bond acceptors (Lipinski definition) is 4. The molecule has 6 heteroatoms. The zero-order chi connectivity index (χ0) is 19.6. The van der Waals surface area contributed by atoms with Crippen LogP contribution in [0.5, 0.6) is 5.75 Å². The lowest BCUT2D eigenvalue weighted by molar-refractivity contribution is -0.136. The number of anilines is 1. The number of rotatable bonds is 9. The van der Waals surface area contributed by atoms with Gasteiger partial charge in [0, 0.05) is 18.7 Å². The van der Waals surface area contributed by atoms with E-state index in [0.717, 1.165) is 24.2 Å². The van der Waals surface area contributed by atoms with Crippen molar-refractivity contribution in [3.63, 3.8) is 0 Å². The maximum atomic E-state index is 12.2. The van der Waals surface area contributed by atoms with E-state index in [-0.39, 0.29) is 18.4 Å². The molecule has 28 heavy (non-hydrogen) atoms. The van der Waals surface area contributed by atoms with Gasteiger partial charge in [-0.1, -0.05) is 30.3 Å². The van der Waals surface area contributed by atoms with Crippen molar-refractivity contribution in [3.05, 3.63) is 60.2 Å². The van der Waals surface area contributed by atoms with Crippen LogP contribution in [-0.4, -0.2) is 43.0 Å². The summed E-state index contributed by atoms with van der Waals surface area (Å²) < 4.78 is 11.2. The van der Waals surface area contributed by atoms with Crippen molar-refractivity contribution >= 4 is 17.5 Å². The molecular formula is C22H26N2O4. The summed E-state index contributed by atoms with van der Waals surface area (Å²) in [6.45, 7) is 2.15. The van der Waals surface area contributed by atoms with E-state index in [1.807, 2.05) is 54.6 Å². The van der Waals surface area contributed by atoms with Gasteiger partial charge in [-0.3, -0.25) is 9.59 Å². The fraction of sp³-hybridized carbons (Fsp3) is 0.364. The molecule has 0 aromatic heterocycles. The SMILES string of the molecule is O=C(CN1CCCCC1=O)Nc1cccc(COCCOc2ccccc2)c1. The van der Waals surface area contributed by atoms with Gasteiger partial charge >= 0.3 is 0 Å². The maximum absolute atomic E-state index is 12.2. The quantitative estimate of drug-likeness (QED) is 0.676. The number of nitrogens with one attached hydrogen (secondary N) is 1. The standard InChI is InChI=1S/C22H26N2O4/c25-21(16-24-12-5-4-11-22(24)26)23-19-8-6-7-18(15-19)17-27-13-14-28-20-9-2-1-3-10-20/h1-3,6-10,15H,4-5,11-14,16-17H2,(H,23,25). The Bertz CT molecular complexity index is 779. The highest BCUT2D eigenvalue weighted by Crippen LogP contribution is 2.14. The lowest BCUT2D eigenvalue weighted by Gasteiger charge is -2.26. The summed E-state index contributed by atoms with van der Waals surface area (Å²) in [5.74, 6) is 0.703. The number of likely N-dealkylation sites (tertiary alicyclic amines) is 1. The smallest absolute Gasteiger partial charge is 0.243 e. The van der Waals surface area contributed by atoms with Gasteiger partial charge in [0.2, 0.25) is 11.8 Å². The van der Waals surface area contributed by atoms with E-state index in [2.05, 4.69) is 5.32 Å². The first-order chi connectivity index (χ1) is 13.7. The van der Waals surface area contributed by atoms with Crippen molar-refractivity contribution < 1.29 is 19.1 Å². The highest BCUT2D eigenvalue weighted by Gasteiger charge is 2.20. The number of amides is 2. The van der Waals surface area contributed by atoms with Gasteiger partial charge in [-0.2, -0.15) is 0 Å². The summed E-state index contributed by atoms with van der Waals surface area (Å²) in [6.07, 6.45) is 2.41. The van der Waals surface area contributed by atoms with Crippen LogP contribution in [0.2, 0.25) is 0 Å². The monoisotopic (exact) mass is 382 g/mol. The van der Waals surface area contributed by atoms with Crippen molar-refractivity contribution in [3.8, 4) is 5.75 Å². The number of carbonyl (C=O) groups excluding carboxylic acids is 2. The van der Waals surface area contributed by atoms with E-state index in [1.165, 1.54) is 0 Å². The van der Waals surface area contributed by atoms with Crippen LogP contribution in [-0.2, 0) is 20.9 Å². The molecule has 0 aliphatic carbocycles. The minimum Gasteiger partial charge on any atom is -0.491 e. The number of carbonyl (C=O) groups is 2. The molecule has 1 N–H and O–H groups in total. The Balaban J connectivity index is 1.39. The predicted molar refractivity (Wildman–Crippen MR) is 107 cm³/mol. The Hall–Kier alpha value is -2.86. The molecule has 2 aromatic rings. The summed E-state index contributed by atoms with van der Waals surface area (Å²) in [6, 6.07) is 17.1. The normalized spacial score (nSPS) is 14.0. The van der Waals surface area contributed by atoms with Gasteiger partial charge in [-0.05, 0) is 42.7 Å². The zero-order valence-corrected chi connectivity index (χ0v) is 15.9. The summed E-state index contributed by atoms with van der Waals surface area (Å²) in [5.41, 5.74) is 1.67. The maximum Gasteiger partial charge on any atom is 0.243 e. The molecular weight excluding hydrogens is 356 g/mol. The molecule has 0 bridgehead atoms. The third-order valence-corrected chi connectivity index (χ3v) is 4.47. The van der Waals surface area contributed by atoms with E-state index in [0.29, 0.717) is 38.5 Å². The van der Waals surface area contributed by atoms with Crippen LogP contribution in [0.25, 0.3) is 0 Å². The van der Waals surface area contributed by atoms with Crippen LogP contribution >= 0.6 is 0 Å². The summed E-state index contributed by atoms with van der Waals surface area (Å²) in [7, 11) is 0. The van der Waals surface area contributed by atoms with Crippen molar-refractivity contribution in [2.45, 2.75) is 25.9 Å². The Morgan fingerprint density at radius 2 is 1.89 bits per heavy atom. The summed E-state index contributed by atoms with van der Waals surface area (Å²) >= 11 is 0. The molecule has 0 radical (unpaired) electrons. The minimum absolute atomic E-state index is 0.0567. The van der Waals surface area contributed by atoms with Crippen LogP contribution in [0.15, 0.2) is 54.6 Å². The van der Waals surface area contributed by atoms with Crippen molar-refractivity contribution in [2.75, 3.05) is 31.6 Å². The number of ether oxygens (including phenoxy) is 2. The molecule has 1 fully saturated rings. The van der Waals surface area contributed by atoms with Crippen molar-refractivity contribution in [1.82, 2.24) is 4.90 Å². The molecule has 6 nitrogen and oxygen atoms in total. The second-order valence-corrected chi connectivity index (χ2v) is 6.74. The molecule has 1 heterocycles. The Labute approximate surface area is 165 Å². The van der Waals surface area contributed by atoms with Gasteiger partial charge in [0.05, 0.1) is 19.8 Å². The number of nitrogens with zero attached hydrogens (tertiary/aromatic N) is 1. The van der Waals surface area contributed by atoms with Crippen molar-refractivity contribution in [1.29, 1.82) is 0 Å². The fourth-order valence-electron chi connectivity index (χ4n) is 3.07. The molecule has 2 amide bonds. The number of benzene rings is 2. The molecule has 1 aliphatic rings. The lowest BCUT2D eigenvalue weighted by atomic mass is 10.1. The second-order valence-electron chi connectivity index (χ2n) is 6.74. The Morgan fingerprint density at radius 1 is 1.04 bits per heavy atom. The van der Waals surface area contributed by atoms with E-state index in [9.17, 15) is 9.59 Å². The largest absolute Gasteiger partial charge is 0.491 e. The Kier molecular flexibility index (Phi) is 7.44. The number of hydrogen-bond donors (Lipinski definition) is 1. The third-order valence-electron chi connectivity index (χ3n) is 4.47. The van der Waals surface area contributed by atoms with Crippen LogP contribution < -0.4 is 10.1 Å². The molecule has 2 aromatic carbocycles. The van der Waals surface area contributed by atoms with E-state index >= 15 is 0 Å². The molecule has 0 atom stereocenters. The third kappa shape index (κ3) is 6.39. The van der Waals surface area contributed by atoms with E-state index in [4.69, 9.17) is 9.47 Å². The highest BCUT2D eigenvalue weighted by atomic mass is 16.5. The van der Waals surface area contributed by atoms with Crippen molar-refractivity contribution in [2.24, 2.45) is 0 Å². The molecule has 1 saturated heterocycles. The van der Waals surface area contributed by atoms with Crippen LogP contribution in [0.3, 0.4) is 0 Å². The molecule has 0 spiro atoms. The van der Waals surface area contributed by atoms with Gasteiger partial charge in [-0.25, -0.2) is 0 Å². The summed E-state index contributed by atoms with van der Waals surface area (Å²) in [5, 5.41) is 2.86. The first-order valence-corrected chi connectivity index (χ1v) is 9.63. The van der Waals surface area contributed by atoms with Gasteiger partial charge in [0.1, 0.15) is 12.4 Å². The predicted octanol–water partition coefficient (Wildman–Crippen LogP) is 3.23. The van der Waals surface area contributed by atoms with Gasteiger partial charge in [-0.15, -0.1) is 0 Å². The number of para-hydroxylation sites is 1. The van der Waals surface area contributed by atoms with Crippen LogP contribution in [0.1, 0.15) is 24.8 Å². The molecule has 1 aliphatic heterocycles. The topological polar surface area (TPSA) is 67.9 Å². The molecule has 0 saturated carbocycles. The van der Waals surface area contributed by atoms with Crippen LogP contribution in [0.4, 0.5) is 5.69 Å². The minimum atomic E-state index is -0.176.